The second kappa shape index (κ2) is 6.46. The summed E-state index contributed by atoms with van der Waals surface area (Å²) in [6.45, 7) is 2.91. The number of hydrogen-bond donors (Lipinski definition) is 2. The molecule has 0 unspecified atom stereocenters. The van der Waals surface area contributed by atoms with Crippen LogP contribution in [0.2, 0.25) is 0 Å². The van der Waals surface area contributed by atoms with Gasteiger partial charge in [-0.2, -0.15) is 5.10 Å². The number of rotatable bonds is 3. The van der Waals surface area contributed by atoms with Crippen LogP contribution < -0.4 is 10.5 Å². The Labute approximate surface area is 125 Å². The Morgan fingerprint density at radius 2 is 2.05 bits per heavy atom. The lowest BCUT2D eigenvalue weighted by Gasteiger charge is -2.28. The summed E-state index contributed by atoms with van der Waals surface area (Å²) in [6, 6.07) is 4.08. The maximum absolute atomic E-state index is 6.17. The number of ether oxygens (including phenoxy) is 1. The van der Waals surface area contributed by atoms with Gasteiger partial charge in [-0.05, 0) is 57.2 Å². The van der Waals surface area contributed by atoms with E-state index in [9.17, 15) is 0 Å². The molecule has 3 N–H and O–H groups in total. The average Bonchev–Trinajstić information content (AvgIpc) is 2.92. The Morgan fingerprint density at radius 3 is 2.75 bits per heavy atom. The van der Waals surface area contributed by atoms with E-state index in [0.29, 0.717) is 12.0 Å². The summed E-state index contributed by atoms with van der Waals surface area (Å²) >= 11 is 0. The summed E-state index contributed by atoms with van der Waals surface area (Å²) < 4.78 is 6.17. The maximum atomic E-state index is 6.17. The van der Waals surface area contributed by atoms with Crippen LogP contribution in [-0.4, -0.2) is 22.8 Å². The minimum absolute atomic E-state index is 0. The van der Waals surface area contributed by atoms with Crippen LogP contribution in [0.1, 0.15) is 31.2 Å². The van der Waals surface area contributed by atoms with Crippen molar-refractivity contribution in [3.05, 3.63) is 23.9 Å². The van der Waals surface area contributed by atoms with Crippen molar-refractivity contribution in [1.82, 2.24) is 10.2 Å². The van der Waals surface area contributed by atoms with Crippen molar-refractivity contribution in [2.24, 2.45) is 11.7 Å². The molecule has 0 saturated heterocycles. The number of hydrogen-bond acceptors (Lipinski definition) is 3. The summed E-state index contributed by atoms with van der Waals surface area (Å²) in [7, 11) is 0. The molecular formula is C15H22ClN3O. The Balaban J connectivity index is 0.00000147. The SMILES string of the molecule is Cc1c(OC2CCC(CN)CC2)ccc2[nH]ncc12.Cl. The van der Waals surface area contributed by atoms with Gasteiger partial charge in [-0.15, -0.1) is 12.4 Å². The molecule has 0 aliphatic heterocycles. The second-order valence-corrected chi connectivity index (χ2v) is 5.52. The standard InChI is InChI=1S/C15H21N3O.ClH/c1-10-13-9-17-18-14(13)6-7-15(10)19-12-4-2-11(8-16)3-5-12;/h6-7,9,11-12H,2-5,8,16H2,1H3,(H,17,18);1H. The van der Waals surface area contributed by atoms with E-state index in [1.54, 1.807) is 0 Å². The molecule has 1 saturated carbocycles. The van der Waals surface area contributed by atoms with Crippen molar-refractivity contribution in [3.8, 4) is 5.75 Å². The van der Waals surface area contributed by atoms with E-state index in [2.05, 4.69) is 17.1 Å². The van der Waals surface area contributed by atoms with E-state index in [1.165, 1.54) is 18.4 Å². The van der Waals surface area contributed by atoms with Gasteiger partial charge < -0.3 is 10.5 Å². The van der Waals surface area contributed by atoms with E-state index in [0.717, 1.165) is 36.0 Å². The van der Waals surface area contributed by atoms with Gasteiger partial charge in [0.15, 0.2) is 0 Å². The van der Waals surface area contributed by atoms with Crippen molar-refractivity contribution < 1.29 is 4.74 Å². The monoisotopic (exact) mass is 295 g/mol. The van der Waals surface area contributed by atoms with Gasteiger partial charge in [-0.3, -0.25) is 5.10 Å². The largest absolute Gasteiger partial charge is 0.490 e. The number of nitrogens with zero attached hydrogens (tertiary/aromatic N) is 1. The first kappa shape index (κ1) is 15.1. The van der Waals surface area contributed by atoms with Crippen molar-refractivity contribution >= 4 is 23.3 Å². The van der Waals surface area contributed by atoms with Gasteiger partial charge in [0.25, 0.3) is 0 Å². The van der Waals surface area contributed by atoms with Gasteiger partial charge in [-0.25, -0.2) is 0 Å². The van der Waals surface area contributed by atoms with Gasteiger partial charge in [0.2, 0.25) is 0 Å². The highest BCUT2D eigenvalue weighted by Crippen LogP contribution is 2.31. The lowest BCUT2D eigenvalue weighted by atomic mass is 9.87. The maximum Gasteiger partial charge on any atom is 0.123 e. The molecule has 4 nitrogen and oxygen atoms in total. The first-order chi connectivity index (χ1) is 9.28. The van der Waals surface area contributed by atoms with E-state index in [-0.39, 0.29) is 12.4 Å². The Morgan fingerprint density at radius 1 is 1.30 bits per heavy atom. The van der Waals surface area contributed by atoms with Crippen LogP contribution in [0.5, 0.6) is 5.75 Å². The van der Waals surface area contributed by atoms with Crippen LogP contribution in [-0.2, 0) is 0 Å². The highest BCUT2D eigenvalue weighted by Gasteiger charge is 2.22. The molecule has 1 aromatic carbocycles. The topological polar surface area (TPSA) is 63.9 Å². The number of aromatic amines is 1. The molecule has 0 bridgehead atoms. The first-order valence-corrected chi connectivity index (χ1v) is 7.07. The molecule has 0 amide bonds. The zero-order valence-electron chi connectivity index (χ0n) is 11.8. The molecular weight excluding hydrogens is 274 g/mol. The molecule has 0 radical (unpaired) electrons. The highest BCUT2D eigenvalue weighted by atomic mass is 35.5. The zero-order chi connectivity index (χ0) is 13.2. The zero-order valence-corrected chi connectivity index (χ0v) is 12.6. The fraction of sp³-hybridized carbons (Fsp3) is 0.533. The third kappa shape index (κ3) is 2.91. The van der Waals surface area contributed by atoms with Crippen LogP contribution in [0.25, 0.3) is 10.9 Å². The van der Waals surface area contributed by atoms with Crippen molar-refractivity contribution in [3.63, 3.8) is 0 Å². The van der Waals surface area contributed by atoms with E-state index in [4.69, 9.17) is 10.5 Å². The Hall–Kier alpha value is -1.26. The summed E-state index contributed by atoms with van der Waals surface area (Å²) in [5, 5.41) is 8.21. The molecule has 3 rings (SSSR count). The van der Waals surface area contributed by atoms with Gasteiger partial charge in [0, 0.05) is 10.9 Å². The number of benzene rings is 1. The van der Waals surface area contributed by atoms with E-state index in [1.807, 2.05) is 18.3 Å². The quantitative estimate of drug-likeness (QED) is 0.914. The van der Waals surface area contributed by atoms with E-state index < -0.39 is 0 Å². The molecule has 2 aromatic rings. The molecule has 110 valence electrons. The lowest BCUT2D eigenvalue weighted by molar-refractivity contribution is 0.132. The number of nitrogens with two attached hydrogens (primary N) is 1. The van der Waals surface area contributed by atoms with Crippen molar-refractivity contribution in [2.75, 3.05) is 6.54 Å². The Bertz CT molecular complexity index is 561. The molecule has 0 spiro atoms. The van der Waals surface area contributed by atoms with Crippen molar-refractivity contribution in [2.45, 2.75) is 38.7 Å². The molecule has 1 aliphatic carbocycles. The van der Waals surface area contributed by atoms with Gasteiger partial charge in [-0.1, -0.05) is 0 Å². The predicted molar refractivity (Wildman–Crippen MR) is 83.5 cm³/mol. The second-order valence-electron chi connectivity index (χ2n) is 5.52. The van der Waals surface area contributed by atoms with Crippen LogP contribution in [0.4, 0.5) is 0 Å². The number of aryl methyl sites for hydroxylation is 1. The van der Waals surface area contributed by atoms with Gasteiger partial charge in [0.1, 0.15) is 5.75 Å². The minimum atomic E-state index is 0. The molecule has 20 heavy (non-hydrogen) atoms. The smallest absolute Gasteiger partial charge is 0.123 e. The number of halogens is 1. The Kier molecular flexibility index (Phi) is 4.89. The minimum Gasteiger partial charge on any atom is -0.490 e. The number of nitrogens with one attached hydrogen (secondary N) is 1. The summed E-state index contributed by atoms with van der Waals surface area (Å²) in [5.74, 6) is 1.68. The summed E-state index contributed by atoms with van der Waals surface area (Å²) in [5.41, 5.74) is 7.96. The van der Waals surface area contributed by atoms with Crippen LogP contribution in [0.15, 0.2) is 18.3 Å². The molecule has 1 heterocycles. The molecule has 0 atom stereocenters. The van der Waals surface area contributed by atoms with E-state index >= 15 is 0 Å². The highest BCUT2D eigenvalue weighted by molar-refractivity contribution is 5.85. The normalized spacial score (nSPS) is 22.5. The van der Waals surface area contributed by atoms with Crippen LogP contribution in [0.3, 0.4) is 0 Å². The third-order valence-corrected chi connectivity index (χ3v) is 4.26. The van der Waals surface area contributed by atoms with Crippen molar-refractivity contribution in [1.29, 1.82) is 0 Å². The molecule has 1 aromatic heterocycles. The molecule has 1 aliphatic rings. The van der Waals surface area contributed by atoms with Crippen LogP contribution in [0, 0.1) is 12.8 Å². The number of aromatic nitrogens is 2. The fourth-order valence-electron chi connectivity index (χ4n) is 2.93. The third-order valence-electron chi connectivity index (χ3n) is 4.26. The van der Waals surface area contributed by atoms with Crippen LogP contribution >= 0.6 is 12.4 Å². The lowest BCUT2D eigenvalue weighted by Crippen LogP contribution is -2.27. The van der Waals surface area contributed by atoms with Gasteiger partial charge in [0.05, 0.1) is 17.8 Å². The number of fused-ring (bicyclic) bond motifs is 1. The summed E-state index contributed by atoms with van der Waals surface area (Å²) in [6.07, 6.45) is 6.81. The number of H-pyrrole nitrogens is 1. The van der Waals surface area contributed by atoms with Gasteiger partial charge >= 0.3 is 0 Å². The molecule has 1 fully saturated rings. The predicted octanol–water partition coefficient (Wildman–Crippen LogP) is 3.19. The fourth-order valence-corrected chi connectivity index (χ4v) is 2.93. The first-order valence-electron chi connectivity index (χ1n) is 7.07. The average molecular weight is 296 g/mol. The molecule has 5 heteroatoms. The summed E-state index contributed by atoms with van der Waals surface area (Å²) in [4.78, 5) is 0.